The summed E-state index contributed by atoms with van der Waals surface area (Å²) in [6.45, 7) is 8.76. The van der Waals surface area contributed by atoms with E-state index in [0.29, 0.717) is 10.2 Å². The summed E-state index contributed by atoms with van der Waals surface area (Å²) >= 11 is 7.21. The summed E-state index contributed by atoms with van der Waals surface area (Å²) < 4.78 is 1.58. The predicted octanol–water partition coefficient (Wildman–Crippen LogP) is 3.35. The zero-order valence-corrected chi connectivity index (χ0v) is 19.1. The first kappa shape index (κ1) is 22.3. The third-order valence-electron chi connectivity index (χ3n) is 5.12. The Morgan fingerprint density at radius 1 is 1.06 bits per heavy atom. The maximum atomic E-state index is 12.4. The molecule has 32 heavy (non-hydrogen) atoms. The molecule has 166 valence electrons. The number of carbonyl (C=O) groups excluding carboxylic acids is 1. The summed E-state index contributed by atoms with van der Waals surface area (Å²) in [5, 5.41) is 15.8. The van der Waals surface area contributed by atoms with Crippen LogP contribution in [-0.2, 0) is 4.79 Å². The van der Waals surface area contributed by atoms with Crippen LogP contribution >= 0.6 is 23.4 Å². The van der Waals surface area contributed by atoms with Crippen LogP contribution in [0.5, 0.6) is 0 Å². The molecule has 1 fully saturated rings. The fraction of sp³-hybridized carbons (Fsp3) is 0.273. The fourth-order valence-corrected chi connectivity index (χ4v) is 4.28. The molecule has 0 aliphatic carbocycles. The number of rotatable bonds is 8. The van der Waals surface area contributed by atoms with Crippen LogP contribution in [0.3, 0.4) is 0 Å². The third kappa shape index (κ3) is 5.67. The van der Waals surface area contributed by atoms with Crippen LogP contribution in [0.2, 0.25) is 5.02 Å². The van der Waals surface area contributed by atoms with Gasteiger partial charge in [0.15, 0.2) is 0 Å². The van der Waals surface area contributed by atoms with Gasteiger partial charge in [-0.05, 0) is 59.0 Å². The number of thioether (sulfide) groups is 1. The lowest BCUT2D eigenvalue weighted by Gasteiger charge is -2.35. The molecule has 10 heteroatoms. The van der Waals surface area contributed by atoms with Crippen LogP contribution in [0, 0.1) is 0 Å². The first-order valence-electron chi connectivity index (χ1n) is 10.3. The molecule has 1 aliphatic rings. The summed E-state index contributed by atoms with van der Waals surface area (Å²) in [5.41, 5.74) is 2.71. The average molecular weight is 470 g/mol. The number of benzene rings is 2. The Kier molecular flexibility index (Phi) is 7.41. The molecule has 1 N–H and O–H groups in total. The van der Waals surface area contributed by atoms with Crippen molar-refractivity contribution >= 4 is 40.6 Å². The molecule has 0 bridgehead atoms. The van der Waals surface area contributed by atoms with Crippen LogP contribution in [0.15, 0.2) is 66.3 Å². The van der Waals surface area contributed by atoms with Gasteiger partial charge in [-0.25, -0.2) is 0 Å². The number of halogens is 1. The lowest BCUT2D eigenvalue weighted by atomic mass is 10.2. The highest BCUT2D eigenvalue weighted by Crippen LogP contribution is 2.22. The highest BCUT2D eigenvalue weighted by atomic mass is 35.5. The Balaban J connectivity index is 1.28. The molecule has 8 nitrogen and oxygen atoms in total. The van der Waals surface area contributed by atoms with E-state index in [9.17, 15) is 4.79 Å². The van der Waals surface area contributed by atoms with Crippen molar-refractivity contribution in [3.8, 4) is 5.69 Å². The van der Waals surface area contributed by atoms with Crippen LogP contribution in [0.4, 0.5) is 11.4 Å². The van der Waals surface area contributed by atoms with E-state index < -0.39 is 0 Å². The Labute approximate surface area is 196 Å². The topological polar surface area (TPSA) is 79.2 Å². The van der Waals surface area contributed by atoms with Gasteiger partial charge in [0.25, 0.3) is 0 Å². The number of piperazine rings is 1. The van der Waals surface area contributed by atoms with Crippen molar-refractivity contribution in [3.05, 3.63) is 66.2 Å². The van der Waals surface area contributed by atoms with Crippen molar-refractivity contribution in [2.45, 2.75) is 5.16 Å². The van der Waals surface area contributed by atoms with E-state index in [-0.39, 0.29) is 11.7 Å². The van der Waals surface area contributed by atoms with Crippen molar-refractivity contribution in [3.63, 3.8) is 0 Å². The summed E-state index contributed by atoms with van der Waals surface area (Å²) in [5.74, 6) is 0.0764. The highest BCUT2D eigenvalue weighted by molar-refractivity contribution is 7.99. The number of tetrazole rings is 1. The van der Waals surface area contributed by atoms with Crippen molar-refractivity contribution in [1.29, 1.82) is 0 Å². The monoisotopic (exact) mass is 469 g/mol. The zero-order valence-electron chi connectivity index (χ0n) is 17.5. The van der Waals surface area contributed by atoms with Gasteiger partial charge in [0.1, 0.15) is 0 Å². The van der Waals surface area contributed by atoms with Gasteiger partial charge in [-0.15, -0.1) is 11.7 Å². The van der Waals surface area contributed by atoms with Gasteiger partial charge >= 0.3 is 0 Å². The second-order valence-corrected chi connectivity index (χ2v) is 8.69. The van der Waals surface area contributed by atoms with Gasteiger partial charge in [0, 0.05) is 49.1 Å². The maximum absolute atomic E-state index is 12.4. The molecule has 0 saturated carbocycles. The number of hydrogen-bond acceptors (Lipinski definition) is 7. The molecule has 1 aliphatic heterocycles. The van der Waals surface area contributed by atoms with Crippen molar-refractivity contribution in [1.82, 2.24) is 25.1 Å². The molecule has 1 amide bonds. The molecular weight excluding hydrogens is 446 g/mol. The van der Waals surface area contributed by atoms with E-state index >= 15 is 0 Å². The van der Waals surface area contributed by atoms with E-state index in [1.54, 1.807) is 16.8 Å². The number of aromatic nitrogens is 4. The Bertz CT molecular complexity index is 1050. The first-order chi connectivity index (χ1) is 15.6. The number of carbonyl (C=O) groups is 1. The number of amides is 1. The summed E-state index contributed by atoms with van der Waals surface area (Å²) in [4.78, 5) is 17.2. The number of anilines is 2. The number of nitrogens with one attached hydrogen (secondary N) is 1. The summed E-state index contributed by atoms with van der Waals surface area (Å²) in [6.07, 6.45) is 1.95. The maximum Gasteiger partial charge on any atom is 0.234 e. The van der Waals surface area contributed by atoms with Crippen molar-refractivity contribution in [2.75, 3.05) is 48.7 Å². The Hall–Kier alpha value is -2.88. The van der Waals surface area contributed by atoms with Crippen molar-refractivity contribution < 1.29 is 4.79 Å². The molecule has 1 aromatic heterocycles. The quantitative estimate of drug-likeness (QED) is 0.400. The predicted molar refractivity (Wildman–Crippen MR) is 129 cm³/mol. The molecule has 0 spiro atoms. The van der Waals surface area contributed by atoms with Gasteiger partial charge in [0.05, 0.1) is 11.4 Å². The second-order valence-electron chi connectivity index (χ2n) is 7.31. The molecule has 2 heterocycles. The van der Waals surface area contributed by atoms with E-state index in [1.165, 1.54) is 11.8 Å². The fourth-order valence-electron chi connectivity index (χ4n) is 3.47. The largest absolute Gasteiger partial charge is 0.369 e. The Morgan fingerprint density at radius 3 is 2.44 bits per heavy atom. The molecule has 4 rings (SSSR count). The second kappa shape index (κ2) is 10.6. The standard InChI is InChI=1S/C22H24ClN7OS/c1-2-11-28-12-14-29(15-13-28)19-9-5-18(6-10-19)24-21(31)16-32-22-25-26-27-30(22)20-7-3-17(23)4-8-20/h2-10H,1,11-16H2,(H,24,31). The van der Waals surface area contributed by atoms with Gasteiger partial charge in [0.2, 0.25) is 11.1 Å². The van der Waals surface area contributed by atoms with Crippen LogP contribution in [0.25, 0.3) is 5.69 Å². The number of nitrogens with zero attached hydrogens (tertiary/aromatic N) is 6. The summed E-state index contributed by atoms with van der Waals surface area (Å²) in [6, 6.07) is 15.2. The van der Waals surface area contributed by atoms with Crippen molar-refractivity contribution in [2.24, 2.45) is 0 Å². The van der Waals surface area contributed by atoms with E-state index in [1.807, 2.05) is 42.5 Å². The normalized spacial score (nSPS) is 14.3. The molecular formula is C22H24ClN7OS. The van der Waals surface area contributed by atoms with Gasteiger partial charge in [-0.1, -0.05) is 29.4 Å². The molecule has 0 radical (unpaired) electrons. The van der Waals surface area contributed by atoms with E-state index in [0.717, 1.165) is 49.8 Å². The molecule has 2 aromatic carbocycles. The Morgan fingerprint density at radius 2 is 1.75 bits per heavy atom. The summed E-state index contributed by atoms with van der Waals surface area (Å²) in [7, 11) is 0. The molecule has 0 atom stereocenters. The van der Waals surface area contributed by atoms with Gasteiger partial charge in [-0.2, -0.15) is 4.68 Å². The SMILES string of the molecule is C=CCN1CCN(c2ccc(NC(=O)CSc3nnnn3-c3ccc(Cl)cc3)cc2)CC1. The minimum atomic E-state index is -0.119. The highest BCUT2D eigenvalue weighted by Gasteiger charge is 2.16. The van der Waals surface area contributed by atoms with Gasteiger partial charge < -0.3 is 10.2 Å². The van der Waals surface area contributed by atoms with Crippen LogP contribution in [-0.4, -0.2) is 69.5 Å². The van der Waals surface area contributed by atoms with Crippen LogP contribution in [0.1, 0.15) is 0 Å². The third-order valence-corrected chi connectivity index (χ3v) is 6.29. The van der Waals surface area contributed by atoms with Crippen LogP contribution < -0.4 is 10.2 Å². The lowest BCUT2D eigenvalue weighted by Crippen LogP contribution is -2.46. The minimum Gasteiger partial charge on any atom is -0.369 e. The molecule has 3 aromatic rings. The average Bonchev–Trinajstić information content (AvgIpc) is 3.28. The smallest absolute Gasteiger partial charge is 0.234 e. The zero-order chi connectivity index (χ0) is 22.3. The first-order valence-corrected chi connectivity index (χ1v) is 11.6. The lowest BCUT2D eigenvalue weighted by molar-refractivity contribution is -0.113. The van der Waals surface area contributed by atoms with Gasteiger partial charge in [-0.3, -0.25) is 9.69 Å². The van der Waals surface area contributed by atoms with E-state index in [2.05, 4.69) is 37.2 Å². The molecule has 1 saturated heterocycles. The number of hydrogen-bond donors (Lipinski definition) is 1. The molecule has 0 unspecified atom stereocenters. The van der Waals surface area contributed by atoms with E-state index in [4.69, 9.17) is 11.6 Å². The minimum absolute atomic E-state index is 0.119.